The number of rotatable bonds is 1. The summed E-state index contributed by atoms with van der Waals surface area (Å²) in [6.07, 6.45) is -2.03. The first-order chi connectivity index (χ1) is 5.44. The van der Waals surface area contributed by atoms with Gasteiger partial charge in [-0.15, -0.1) is 0 Å². The molecule has 1 aliphatic heterocycles. The molecule has 68 valence electrons. The highest BCUT2D eigenvalue weighted by Gasteiger charge is 2.46. The van der Waals surface area contributed by atoms with Crippen LogP contribution < -0.4 is 0 Å². The fraction of sp³-hybridized carbons (Fsp3) is 0.667. The van der Waals surface area contributed by atoms with E-state index in [1.165, 1.54) is 0 Å². The molecule has 0 bridgehead atoms. The van der Waals surface area contributed by atoms with Crippen LogP contribution in [0, 0.1) is 0 Å². The largest absolute Gasteiger partial charge is 0.400 e. The molecule has 0 aromatic rings. The topological polar surface area (TPSA) is 93.1 Å². The molecule has 1 heterocycles. The standard InChI is InChI=1S/C6H8O6/c1-3(7)6(10)11-4(8)2-5(9)12-6/h3,7,10H,2H2,1H3. The van der Waals surface area contributed by atoms with Crippen molar-refractivity contribution in [3.8, 4) is 0 Å². The Bertz CT molecular complexity index is 204. The summed E-state index contributed by atoms with van der Waals surface area (Å²) in [5.74, 6) is -4.36. The summed E-state index contributed by atoms with van der Waals surface area (Å²) in [5, 5.41) is 18.0. The maximum Gasteiger partial charge on any atom is 0.400 e. The Morgan fingerprint density at radius 2 is 1.83 bits per heavy atom. The summed E-state index contributed by atoms with van der Waals surface area (Å²) in [7, 11) is 0. The van der Waals surface area contributed by atoms with Crippen LogP contribution in [-0.2, 0) is 19.1 Å². The van der Waals surface area contributed by atoms with E-state index < -0.39 is 30.4 Å². The highest BCUT2D eigenvalue weighted by atomic mass is 16.9. The molecule has 1 atom stereocenters. The van der Waals surface area contributed by atoms with Gasteiger partial charge < -0.3 is 19.7 Å². The first-order valence-electron chi connectivity index (χ1n) is 3.28. The second kappa shape index (κ2) is 2.72. The second-order valence-corrected chi connectivity index (χ2v) is 2.43. The van der Waals surface area contributed by atoms with Gasteiger partial charge in [0.1, 0.15) is 6.42 Å². The van der Waals surface area contributed by atoms with Crippen LogP contribution in [0.4, 0.5) is 0 Å². The summed E-state index contributed by atoms with van der Waals surface area (Å²) in [5.41, 5.74) is 0. The molecule has 0 saturated carbocycles. The van der Waals surface area contributed by atoms with Crippen LogP contribution in [0.15, 0.2) is 0 Å². The third-order valence-electron chi connectivity index (χ3n) is 1.34. The number of hydrogen-bond donors (Lipinski definition) is 2. The maximum atomic E-state index is 10.6. The van der Waals surface area contributed by atoms with Gasteiger partial charge in [-0.05, 0) is 6.92 Å². The van der Waals surface area contributed by atoms with Crippen molar-refractivity contribution in [1.82, 2.24) is 0 Å². The van der Waals surface area contributed by atoms with E-state index in [0.29, 0.717) is 0 Å². The summed E-state index contributed by atoms with van der Waals surface area (Å²) < 4.78 is 8.46. The Labute approximate surface area is 67.7 Å². The Kier molecular flexibility index (Phi) is 2.03. The van der Waals surface area contributed by atoms with Crippen molar-refractivity contribution in [3.05, 3.63) is 0 Å². The van der Waals surface area contributed by atoms with Gasteiger partial charge in [-0.25, -0.2) is 0 Å². The molecule has 2 N–H and O–H groups in total. The van der Waals surface area contributed by atoms with E-state index in [1.54, 1.807) is 0 Å². The van der Waals surface area contributed by atoms with E-state index in [1.807, 2.05) is 0 Å². The van der Waals surface area contributed by atoms with E-state index in [9.17, 15) is 9.59 Å². The highest BCUT2D eigenvalue weighted by molar-refractivity contribution is 5.92. The number of cyclic esters (lactones) is 2. The lowest BCUT2D eigenvalue weighted by molar-refractivity contribution is -0.366. The van der Waals surface area contributed by atoms with Crippen LogP contribution in [0.5, 0.6) is 0 Å². The van der Waals surface area contributed by atoms with Gasteiger partial charge >= 0.3 is 17.9 Å². The molecule has 1 fully saturated rings. The molecule has 6 heteroatoms. The Balaban J connectivity index is 2.78. The second-order valence-electron chi connectivity index (χ2n) is 2.43. The highest BCUT2D eigenvalue weighted by Crippen LogP contribution is 2.20. The molecular formula is C6H8O6. The van der Waals surface area contributed by atoms with Crippen molar-refractivity contribution < 1.29 is 29.3 Å². The first-order valence-corrected chi connectivity index (χ1v) is 3.28. The average molecular weight is 176 g/mol. The predicted octanol–water partition coefficient (Wildman–Crippen LogP) is -1.50. The minimum absolute atomic E-state index is 0.547. The normalized spacial score (nSPS) is 24.2. The number of carbonyl (C=O) groups excluding carboxylic acids is 2. The summed E-state index contributed by atoms with van der Waals surface area (Å²) in [6, 6.07) is 0. The number of ether oxygens (including phenoxy) is 2. The molecule has 1 saturated heterocycles. The zero-order valence-corrected chi connectivity index (χ0v) is 6.31. The Morgan fingerprint density at radius 1 is 1.42 bits per heavy atom. The zero-order chi connectivity index (χ0) is 9.35. The van der Waals surface area contributed by atoms with Gasteiger partial charge in [-0.2, -0.15) is 0 Å². The zero-order valence-electron chi connectivity index (χ0n) is 6.31. The lowest BCUT2D eigenvalue weighted by Crippen LogP contribution is -2.52. The quantitative estimate of drug-likeness (QED) is 0.373. The molecule has 0 aliphatic carbocycles. The van der Waals surface area contributed by atoms with Gasteiger partial charge in [0.15, 0.2) is 6.10 Å². The smallest absolute Gasteiger partial charge is 0.396 e. The molecule has 0 amide bonds. The molecule has 0 spiro atoms. The molecule has 1 rings (SSSR count). The summed E-state index contributed by atoms with van der Waals surface area (Å²) >= 11 is 0. The van der Waals surface area contributed by atoms with Crippen molar-refractivity contribution in [3.63, 3.8) is 0 Å². The van der Waals surface area contributed by atoms with Crippen molar-refractivity contribution in [2.24, 2.45) is 0 Å². The van der Waals surface area contributed by atoms with Crippen LogP contribution in [0.25, 0.3) is 0 Å². The van der Waals surface area contributed by atoms with Crippen molar-refractivity contribution in [2.75, 3.05) is 0 Å². The summed E-state index contributed by atoms with van der Waals surface area (Å²) in [4.78, 5) is 21.2. The lowest BCUT2D eigenvalue weighted by Gasteiger charge is -2.31. The summed E-state index contributed by atoms with van der Waals surface area (Å²) in [6.45, 7) is 1.13. The van der Waals surface area contributed by atoms with E-state index in [-0.39, 0.29) is 0 Å². The molecule has 1 unspecified atom stereocenters. The lowest BCUT2D eigenvalue weighted by atomic mass is 10.3. The predicted molar refractivity (Wildman–Crippen MR) is 33.4 cm³/mol. The van der Waals surface area contributed by atoms with Gasteiger partial charge in [-0.1, -0.05) is 0 Å². The number of aliphatic hydroxyl groups is 2. The molecule has 12 heavy (non-hydrogen) atoms. The molecule has 1 aliphatic rings. The number of hydrogen-bond acceptors (Lipinski definition) is 6. The van der Waals surface area contributed by atoms with E-state index in [0.717, 1.165) is 6.92 Å². The fourth-order valence-corrected chi connectivity index (χ4v) is 0.708. The van der Waals surface area contributed by atoms with Gasteiger partial charge in [-0.3, -0.25) is 9.59 Å². The van der Waals surface area contributed by atoms with Gasteiger partial charge in [0.2, 0.25) is 0 Å². The van der Waals surface area contributed by atoms with E-state index in [2.05, 4.69) is 9.47 Å². The first kappa shape index (κ1) is 8.95. The molecule has 0 aromatic heterocycles. The Hall–Kier alpha value is -1.14. The van der Waals surface area contributed by atoms with Crippen LogP contribution >= 0.6 is 0 Å². The molecule has 0 aromatic carbocycles. The van der Waals surface area contributed by atoms with Gasteiger partial charge in [0.05, 0.1) is 0 Å². The molecule has 0 radical (unpaired) electrons. The third-order valence-corrected chi connectivity index (χ3v) is 1.34. The fourth-order valence-electron chi connectivity index (χ4n) is 0.708. The number of esters is 2. The third kappa shape index (κ3) is 1.54. The van der Waals surface area contributed by atoms with Crippen molar-refractivity contribution in [1.29, 1.82) is 0 Å². The van der Waals surface area contributed by atoms with Crippen molar-refractivity contribution >= 4 is 11.9 Å². The van der Waals surface area contributed by atoms with Gasteiger partial charge in [0, 0.05) is 0 Å². The van der Waals surface area contributed by atoms with Crippen LogP contribution in [0.1, 0.15) is 13.3 Å². The van der Waals surface area contributed by atoms with Crippen LogP contribution in [0.2, 0.25) is 0 Å². The molecule has 6 nitrogen and oxygen atoms in total. The maximum absolute atomic E-state index is 10.6. The van der Waals surface area contributed by atoms with E-state index >= 15 is 0 Å². The van der Waals surface area contributed by atoms with Crippen molar-refractivity contribution in [2.45, 2.75) is 25.4 Å². The Morgan fingerprint density at radius 3 is 2.17 bits per heavy atom. The van der Waals surface area contributed by atoms with Crippen LogP contribution in [-0.4, -0.2) is 34.2 Å². The number of carbonyl (C=O) groups is 2. The van der Waals surface area contributed by atoms with E-state index in [4.69, 9.17) is 10.2 Å². The van der Waals surface area contributed by atoms with Gasteiger partial charge in [0.25, 0.3) is 0 Å². The monoisotopic (exact) mass is 176 g/mol. The van der Waals surface area contributed by atoms with Crippen LogP contribution in [0.3, 0.4) is 0 Å². The molecular weight excluding hydrogens is 168 g/mol. The minimum Gasteiger partial charge on any atom is -0.396 e. The minimum atomic E-state index is -2.52. The SMILES string of the molecule is CC(O)C1(O)OC(=O)CC(=O)O1. The number of aliphatic hydroxyl groups excluding tert-OH is 1. The average Bonchev–Trinajstić information content (AvgIpc) is 1.82.